The van der Waals surface area contributed by atoms with Crippen LogP contribution in [0.15, 0.2) is 63.8 Å². The molecule has 0 unspecified atom stereocenters. The van der Waals surface area contributed by atoms with Crippen molar-refractivity contribution in [2.24, 2.45) is 0 Å². The molecular formula is C48H60F2N4O12S. The summed E-state index contributed by atoms with van der Waals surface area (Å²) in [6, 6.07) is 13.5. The lowest BCUT2D eigenvalue weighted by Gasteiger charge is -2.36. The van der Waals surface area contributed by atoms with Gasteiger partial charge in [-0.15, -0.1) is 0 Å². The van der Waals surface area contributed by atoms with E-state index in [2.05, 4.69) is 0 Å². The van der Waals surface area contributed by atoms with Crippen LogP contribution in [0, 0.1) is 0 Å². The first-order chi connectivity index (χ1) is 31.5. The summed E-state index contributed by atoms with van der Waals surface area (Å²) in [7, 11) is 0. The Kier molecular flexibility index (Phi) is 17.1. The Balaban J connectivity index is 1.60. The Morgan fingerprint density at radius 1 is 0.642 bits per heavy atom. The first kappa shape index (κ1) is 51.9. The highest BCUT2D eigenvalue weighted by atomic mass is 32.2. The van der Waals surface area contributed by atoms with Gasteiger partial charge in [0.05, 0.1) is 17.9 Å². The van der Waals surface area contributed by atoms with E-state index in [1.54, 1.807) is 92.6 Å². The van der Waals surface area contributed by atoms with E-state index in [0.29, 0.717) is 22.3 Å². The van der Waals surface area contributed by atoms with Gasteiger partial charge in [-0.05, 0) is 104 Å². The smallest absolute Gasteiger partial charge is 0.410 e. The Morgan fingerprint density at radius 2 is 1.15 bits per heavy atom. The van der Waals surface area contributed by atoms with Crippen LogP contribution in [0.1, 0.15) is 83.0 Å². The first-order valence-corrected chi connectivity index (χ1v) is 22.8. The number of fused-ring (bicyclic) bond motifs is 2. The maximum atomic E-state index is 14.8. The van der Waals surface area contributed by atoms with Crippen LogP contribution in [-0.2, 0) is 18.9 Å². The standard InChI is InChI=1S/C48H60F2N4O12S/c1-46(2,3)64-43(58)52-19-17-51(18-20-53(44(59)65-47(4,5)6)22-24-54(23-21-52)45(60)66-48(7,8)9)41(56)31-10-13-34(37(28-31)42(57)62-25-16-49)40-35-14-11-32(55)29-38(35)63-39-30-33(12-15-36(39)40)61-26-27-67-50/h10-15,28-30H,16-27H2,1-9H3. The second kappa shape index (κ2) is 22.1. The molecular weight excluding hydrogens is 895 g/mol. The lowest BCUT2D eigenvalue weighted by molar-refractivity contribution is 0.00479. The van der Waals surface area contributed by atoms with E-state index in [9.17, 15) is 37.0 Å². The minimum absolute atomic E-state index is 0.00499. The number of amides is 4. The molecule has 0 radical (unpaired) electrons. The fourth-order valence-electron chi connectivity index (χ4n) is 7.02. The largest absolute Gasteiger partial charge is 0.492 e. The molecule has 2 aromatic carbocycles. The Hall–Kier alpha value is -6.11. The van der Waals surface area contributed by atoms with Crippen LogP contribution in [0.3, 0.4) is 0 Å². The third-order valence-corrected chi connectivity index (χ3v) is 10.3. The molecule has 0 spiro atoms. The first-order valence-electron chi connectivity index (χ1n) is 21.9. The number of hydrogen-bond acceptors (Lipinski definition) is 13. The maximum Gasteiger partial charge on any atom is 0.410 e. The van der Waals surface area contributed by atoms with E-state index in [0.717, 1.165) is 0 Å². The normalized spacial score (nSPS) is 14.6. The van der Waals surface area contributed by atoms with Crippen molar-refractivity contribution in [3.05, 3.63) is 75.9 Å². The van der Waals surface area contributed by atoms with Gasteiger partial charge in [0, 0.05) is 98.7 Å². The molecule has 0 bridgehead atoms. The predicted octanol–water partition coefficient (Wildman–Crippen LogP) is 8.85. The summed E-state index contributed by atoms with van der Waals surface area (Å²) in [5, 5.41) is 0.481. The van der Waals surface area contributed by atoms with Gasteiger partial charge in [-0.25, -0.2) is 23.6 Å². The lowest BCUT2D eigenvalue weighted by Crippen LogP contribution is -2.52. The minimum atomic E-state index is -0.975. The average molecular weight is 955 g/mol. The van der Waals surface area contributed by atoms with Gasteiger partial charge in [0.1, 0.15) is 47.2 Å². The number of nitrogens with zero attached hydrogens (tertiary/aromatic N) is 4. The number of ether oxygens (including phenoxy) is 5. The SMILES string of the molecule is CC(C)(C)OC(=O)N1CCN(C(=O)OC(C)(C)C)CCN(C(=O)c2ccc(-c3c4ccc(=O)cc-4oc4cc(OCCSF)ccc34)c(C(=O)OCCF)c2)CCN(C(=O)OC(C)(C)C)CC1. The fraction of sp³-hybridized carbons (Fsp3) is 0.500. The molecule has 2 aromatic rings. The summed E-state index contributed by atoms with van der Waals surface area (Å²) >= 11 is 0.128. The third-order valence-electron chi connectivity index (χ3n) is 9.96. The molecule has 5 rings (SSSR count). The number of carbonyl (C=O) groups excluding carboxylic acids is 5. The Labute approximate surface area is 393 Å². The van der Waals surface area contributed by atoms with Crippen LogP contribution in [-0.4, -0.2) is 145 Å². The zero-order valence-electron chi connectivity index (χ0n) is 39.5. The van der Waals surface area contributed by atoms with Crippen molar-refractivity contribution >= 4 is 53.3 Å². The zero-order chi connectivity index (χ0) is 49.3. The van der Waals surface area contributed by atoms with Crippen molar-refractivity contribution in [1.29, 1.82) is 0 Å². The number of hydrogen-bond donors (Lipinski definition) is 0. The molecule has 0 saturated carbocycles. The van der Waals surface area contributed by atoms with Gasteiger partial charge in [0.15, 0.2) is 5.43 Å². The molecule has 3 aliphatic rings. The molecule has 1 aliphatic carbocycles. The summed E-state index contributed by atoms with van der Waals surface area (Å²) < 4.78 is 60.6. The molecule has 0 atom stereocenters. The molecule has 0 N–H and O–H groups in total. The van der Waals surface area contributed by atoms with Crippen LogP contribution in [0.25, 0.3) is 33.4 Å². The van der Waals surface area contributed by atoms with E-state index in [4.69, 9.17) is 28.1 Å². The maximum absolute atomic E-state index is 14.8. The van der Waals surface area contributed by atoms with Crippen molar-refractivity contribution in [2.45, 2.75) is 79.1 Å². The molecule has 1 saturated heterocycles. The van der Waals surface area contributed by atoms with E-state index in [1.165, 1.54) is 43.9 Å². The molecule has 2 heterocycles. The monoisotopic (exact) mass is 954 g/mol. The van der Waals surface area contributed by atoms with E-state index < -0.39 is 60.2 Å². The summed E-state index contributed by atoms with van der Waals surface area (Å²) in [6.45, 7) is 13.7. The fourth-order valence-corrected chi connectivity index (χ4v) is 7.17. The van der Waals surface area contributed by atoms with Gasteiger partial charge in [-0.3, -0.25) is 9.59 Å². The summed E-state index contributed by atoms with van der Waals surface area (Å²) in [5.74, 6) is -0.909. The molecule has 16 nitrogen and oxygen atoms in total. The van der Waals surface area contributed by atoms with Crippen molar-refractivity contribution < 1.29 is 60.4 Å². The van der Waals surface area contributed by atoms with Crippen LogP contribution < -0.4 is 10.2 Å². The molecule has 4 amide bonds. The highest BCUT2D eigenvalue weighted by Gasteiger charge is 2.32. The van der Waals surface area contributed by atoms with Crippen molar-refractivity contribution in [3.63, 3.8) is 0 Å². The van der Waals surface area contributed by atoms with Gasteiger partial charge in [-0.2, -0.15) is 3.89 Å². The van der Waals surface area contributed by atoms with Gasteiger partial charge < -0.3 is 47.7 Å². The third kappa shape index (κ3) is 14.7. The number of carbonyl (C=O) groups is 5. The Morgan fingerprint density at radius 3 is 1.64 bits per heavy atom. The summed E-state index contributed by atoms with van der Waals surface area (Å²) in [6.07, 6.45) is -2.02. The van der Waals surface area contributed by atoms with Crippen LogP contribution in [0.4, 0.5) is 22.7 Å². The predicted molar refractivity (Wildman–Crippen MR) is 249 cm³/mol. The van der Waals surface area contributed by atoms with Crippen LogP contribution >= 0.6 is 12.1 Å². The number of halogens is 2. The van der Waals surface area contributed by atoms with Gasteiger partial charge in [0.25, 0.3) is 5.91 Å². The zero-order valence-corrected chi connectivity index (χ0v) is 40.3. The van der Waals surface area contributed by atoms with Crippen LogP contribution in [0.2, 0.25) is 0 Å². The second-order valence-electron chi connectivity index (χ2n) is 18.7. The van der Waals surface area contributed by atoms with Gasteiger partial charge >= 0.3 is 24.2 Å². The average Bonchev–Trinajstić information content (AvgIpc) is 3.22. The lowest BCUT2D eigenvalue weighted by atomic mass is 9.89. The van der Waals surface area contributed by atoms with Gasteiger partial charge in [0.2, 0.25) is 0 Å². The number of esters is 1. The quantitative estimate of drug-likeness (QED) is 0.0674. The molecule has 364 valence electrons. The molecule has 2 aliphatic heterocycles. The molecule has 19 heteroatoms. The van der Waals surface area contributed by atoms with Crippen molar-refractivity contribution in [1.82, 2.24) is 19.6 Å². The van der Waals surface area contributed by atoms with Crippen LogP contribution in [0.5, 0.6) is 5.75 Å². The number of rotatable bonds is 9. The molecule has 67 heavy (non-hydrogen) atoms. The van der Waals surface area contributed by atoms with Gasteiger partial charge in [-0.1, -0.05) is 6.07 Å². The van der Waals surface area contributed by atoms with E-state index in [-0.39, 0.29) is 110 Å². The summed E-state index contributed by atoms with van der Waals surface area (Å²) in [5.41, 5.74) is -1.64. The minimum Gasteiger partial charge on any atom is -0.492 e. The second-order valence-corrected chi connectivity index (χ2v) is 19.4. The van der Waals surface area contributed by atoms with Crippen molar-refractivity contribution in [2.75, 3.05) is 78.0 Å². The summed E-state index contributed by atoms with van der Waals surface area (Å²) in [4.78, 5) is 87.8. The number of alkyl halides is 1. The van der Waals surface area contributed by atoms with E-state index >= 15 is 0 Å². The van der Waals surface area contributed by atoms with E-state index in [1.807, 2.05) is 0 Å². The molecule has 1 fully saturated rings. The Bertz CT molecular complexity index is 2400. The topological polar surface area (TPSA) is 175 Å². The highest BCUT2D eigenvalue weighted by Crippen LogP contribution is 2.42. The number of benzene rings is 3. The van der Waals surface area contributed by atoms with Crippen molar-refractivity contribution in [3.8, 4) is 28.2 Å². The molecule has 0 aromatic heterocycles. The highest BCUT2D eigenvalue weighted by molar-refractivity contribution is 7.94.